The van der Waals surface area contributed by atoms with Crippen LogP contribution in [0.2, 0.25) is 0 Å². The second kappa shape index (κ2) is 2.82. The summed E-state index contributed by atoms with van der Waals surface area (Å²) in [6.07, 6.45) is 1.69. The minimum absolute atomic E-state index is 0.430. The fourth-order valence-corrected chi connectivity index (χ4v) is 1.51. The SMILES string of the molecule is CC1(O)CCN(C(C)(C)C=O)C1. The summed E-state index contributed by atoms with van der Waals surface area (Å²) in [7, 11) is 0. The van der Waals surface area contributed by atoms with Crippen LogP contribution in [0.15, 0.2) is 0 Å². The van der Waals surface area contributed by atoms with Gasteiger partial charge in [0.15, 0.2) is 0 Å². The van der Waals surface area contributed by atoms with Gasteiger partial charge in [0.1, 0.15) is 6.29 Å². The Balaban J connectivity index is 2.63. The van der Waals surface area contributed by atoms with E-state index in [-0.39, 0.29) is 0 Å². The fraction of sp³-hybridized carbons (Fsp3) is 0.889. The lowest BCUT2D eigenvalue weighted by atomic mass is 10.1. The van der Waals surface area contributed by atoms with Crippen LogP contribution in [0.4, 0.5) is 0 Å². The lowest BCUT2D eigenvalue weighted by molar-refractivity contribution is -0.116. The molecule has 0 radical (unpaired) electrons. The van der Waals surface area contributed by atoms with Gasteiger partial charge in [0, 0.05) is 13.1 Å². The molecule has 0 aromatic carbocycles. The smallest absolute Gasteiger partial charge is 0.139 e. The summed E-state index contributed by atoms with van der Waals surface area (Å²) in [5.41, 5.74) is -1.04. The molecule has 1 fully saturated rings. The molecule has 3 nitrogen and oxygen atoms in total. The van der Waals surface area contributed by atoms with Gasteiger partial charge in [0.25, 0.3) is 0 Å². The van der Waals surface area contributed by atoms with Crippen LogP contribution in [-0.2, 0) is 4.79 Å². The Bertz CT molecular complexity index is 187. The summed E-state index contributed by atoms with van der Waals surface area (Å²) in [5, 5.41) is 9.67. The molecule has 0 aromatic heterocycles. The largest absolute Gasteiger partial charge is 0.389 e. The first-order chi connectivity index (χ1) is 5.37. The summed E-state index contributed by atoms with van der Waals surface area (Å²) in [6.45, 7) is 6.97. The number of aldehydes is 1. The van der Waals surface area contributed by atoms with Crippen molar-refractivity contribution < 1.29 is 9.90 Å². The summed E-state index contributed by atoms with van der Waals surface area (Å²) in [4.78, 5) is 12.7. The van der Waals surface area contributed by atoms with Crippen LogP contribution >= 0.6 is 0 Å². The van der Waals surface area contributed by atoms with Gasteiger partial charge < -0.3 is 9.90 Å². The number of hydrogen-bond acceptors (Lipinski definition) is 3. The van der Waals surface area contributed by atoms with Crippen LogP contribution in [0.25, 0.3) is 0 Å². The third kappa shape index (κ3) is 1.84. The zero-order valence-electron chi connectivity index (χ0n) is 8.00. The lowest BCUT2D eigenvalue weighted by Gasteiger charge is -2.30. The van der Waals surface area contributed by atoms with Crippen LogP contribution < -0.4 is 0 Å². The van der Waals surface area contributed by atoms with Crippen LogP contribution in [0.1, 0.15) is 27.2 Å². The van der Waals surface area contributed by atoms with E-state index in [1.807, 2.05) is 25.7 Å². The zero-order valence-corrected chi connectivity index (χ0v) is 8.00. The average Bonchev–Trinajstić information content (AvgIpc) is 2.31. The number of β-amino-alcohol motifs (C(OH)–C–C–N with tert-alkyl or cyclic N) is 1. The van der Waals surface area contributed by atoms with Gasteiger partial charge in [0.2, 0.25) is 0 Å². The Morgan fingerprint density at radius 1 is 1.58 bits per heavy atom. The van der Waals surface area contributed by atoms with E-state index in [1.165, 1.54) is 0 Å². The number of hydrogen-bond donors (Lipinski definition) is 1. The summed E-state index contributed by atoms with van der Waals surface area (Å²) >= 11 is 0. The minimum atomic E-state index is -0.611. The van der Waals surface area contributed by atoms with Gasteiger partial charge in [0.05, 0.1) is 11.1 Å². The third-order valence-corrected chi connectivity index (χ3v) is 2.56. The molecular weight excluding hydrogens is 154 g/mol. The monoisotopic (exact) mass is 171 g/mol. The molecule has 1 aliphatic heterocycles. The van der Waals surface area contributed by atoms with Gasteiger partial charge in [-0.25, -0.2) is 0 Å². The highest BCUT2D eigenvalue weighted by molar-refractivity contribution is 5.62. The lowest BCUT2D eigenvalue weighted by Crippen LogP contribution is -2.45. The molecule has 0 bridgehead atoms. The van der Waals surface area contributed by atoms with E-state index in [9.17, 15) is 9.90 Å². The van der Waals surface area contributed by atoms with Crippen LogP contribution in [0.3, 0.4) is 0 Å². The molecule has 1 rings (SSSR count). The number of likely N-dealkylation sites (tertiary alicyclic amines) is 1. The predicted octanol–water partition coefficient (Wildman–Crippen LogP) is 0.421. The van der Waals surface area contributed by atoms with Crippen molar-refractivity contribution in [2.24, 2.45) is 0 Å². The quantitative estimate of drug-likeness (QED) is 0.612. The van der Waals surface area contributed by atoms with Gasteiger partial charge in [-0.1, -0.05) is 0 Å². The van der Waals surface area contributed by atoms with E-state index >= 15 is 0 Å². The third-order valence-electron chi connectivity index (χ3n) is 2.56. The molecule has 0 spiro atoms. The number of carbonyl (C=O) groups excluding carboxylic acids is 1. The summed E-state index contributed by atoms with van der Waals surface area (Å²) < 4.78 is 0. The van der Waals surface area contributed by atoms with Crippen molar-refractivity contribution in [3.63, 3.8) is 0 Å². The van der Waals surface area contributed by atoms with Crippen LogP contribution in [0.5, 0.6) is 0 Å². The molecule has 0 aromatic rings. The normalized spacial score (nSPS) is 32.3. The first kappa shape index (κ1) is 9.68. The van der Waals surface area contributed by atoms with Crippen molar-refractivity contribution in [1.82, 2.24) is 4.90 Å². The van der Waals surface area contributed by atoms with Gasteiger partial charge in [-0.2, -0.15) is 0 Å². The molecule has 0 saturated carbocycles. The van der Waals surface area contributed by atoms with Crippen LogP contribution in [0, 0.1) is 0 Å². The molecule has 1 aliphatic rings. The van der Waals surface area contributed by atoms with Crippen molar-refractivity contribution in [2.75, 3.05) is 13.1 Å². The standard InChI is InChI=1S/C9H17NO2/c1-8(2,7-11)10-5-4-9(3,12)6-10/h7,12H,4-6H2,1-3H3. The van der Waals surface area contributed by atoms with Gasteiger partial charge >= 0.3 is 0 Å². The Kier molecular flexibility index (Phi) is 2.27. The Labute approximate surface area is 73.4 Å². The molecule has 1 N–H and O–H groups in total. The van der Waals surface area contributed by atoms with Crippen molar-refractivity contribution in [1.29, 1.82) is 0 Å². The van der Waals surface area contributed by atoms with E-state index in [0.29, 0.717) is 6.54 Å². The van der Waals surface area contributed by atoms with E-state index in [1.54, 1.807) is 0 Å². The van der Waals surface area contributed by atoms with E-state index < -0.39 is 11.1 Å². The number of carbonyl (C=O) groups is 1. The first-order valence-corrected chi connectivity index (χ1v) is 4.31. The van der Waals surface area contributed by atoms with Crippen molar-refractivity contribution in [3.8, 4) is 0 Å². The van der Waals surface area contributed by atoms with Crippen molar-refractivity contribution in [2.45, 2.75) is 38.3 Å². The highest BCUT2D eigenvalue weighted by Crippen LogP contribution is 2.25. The molecule has 0 amide bonds. The first-order valence-electron chi connectivity index (χ1n) is 4.31. The highest BCUT2D eigenvalue weighted by Gasteiger charge is 2.38. The van der Waals surface area contributed by atoms with E-state index in [4.69, 9.17) is 0 Å². The second-order valence-corrected chi connectivity index (χ2v) is 4.44. The second-order valence-electron chi connectivity index (χ2n) is 4.44. The van der Waals surface area contributed by atoms with Gasteiger partial charge in [-0.05, 0) is 27.2 Å². The maximum atomic E-state index is 10.7. The number of aliphatic hydroxyl groups is 1. The zero-order chi connectivity index (χ0) is 9.41. The fourth-order valence-electron chi connectivity index (χ4n) is 1.51. The Morgan fingerprint density at radius 2 is 2.17 bits per heavy atom. The highest BCUT2D eigenvalue weighted by atomic mass is 16.3. The predicted molar refractivity (Wildman–Crippen MR) is 47.0 cm³/mol. The Hall–Kier alpha value is -0.410. The molecule has 0 aliphatic carbocycles. The van der Waals surface area contributed by atoms with Crippen LogP contribution in [-0.4, -0.2) is 40.5 Å². The van der Waals surface area contributed by atoms with E-state index in [0.717, 1.165) is 19.3 Å². The molecule has 1 atom stereocenters. The molecule has 12 heavy (non-hydrogen) atoms. The van der Waals surface area contributed by atoms with E-state index in [2.05, 4.69) is 0 Å². The van der Waals surface area contributed by atoms with Gasteiger partial charge in [-0.15, -0.1) is 0 Å². The van der Waals surface area contributed by atoms with Crippen molar-refractivity contribution in [3.05, 3.63) is 0 Å². The molecular formula is C9H17NO2. The maximum Gasteiger partial charge on any atom is 0.139 e. The van der Waals surface area contributed by atoms with Crippen molar-refractivity contribution >= 4 is 6.29 Å². The summed E-state index contributed by atoms with van der Waals surface area (Å²) in [5.74, 6) is 0. The molecule has 1 heterocycles. The molecule has 1 unspecified atom stereocenters. The molecule has 70 valence electrons. The minimum Gasteiger partial charge on any atom is -0.389 e. The molecule has 1 saturated heterocycles. The maximum absolute atomic E-state index is 10.7. The topological polar surface area (TPSA) is 40.5 Å². The van der Waals surface area contributed by atoms with Gasteiger partial charge in [-0.3, -0.25) is 4.90 Å². The Morgan fingerprint density at radius 3 is 2.50 bits per heavy atom. The number of nitrogens with zero attached hydrogens (tertiary/aromatic N) is 1. The average molecular weight is 171 g/mol. The summed E-state index contributed by atoms with van der Waals surface area (Å²) in [6, 6.07) is 0. The number of rotatable bonds is 2. The molecule has 3 heteroatoms.